The Hall–Kier alpha value is -2.76. The fourth-order valence-corrected chi connectivity index (χ4v) is 1.85. The summed E-state index contributed by atoms with van der Waals surface area (Å²) in [4.78, 5) is 27.3. The van der Waals surface area contributed by atoms with Crippen molar-refractivity contribution in [2.75, 3.05) is 13.2 Å². The Labute approximate surface area is 127 Å². The lowest BCUT2D eigenvalue weighted by atomic mass is 10.1. The van der Waals surface area contributed by atoms with Crippen LogP contribution in [0, 0.1) is 12.7 Å². The molecule has 5 nitrogen and oxygen atoms in total. The summed E-state index contributed by atoms with van der Waals surface area (Å²) in [7, 11) is 0. The van der Waals surface area contributed by atoms with E-state index < -0.39 is 11.8 Å². The highest BCUT2D eigenvalue weighted by Crippen LogP contribution is 2.09. The maximum absolute atomic E-state index is 13.2. The van der Waals surface area contributed by atoms with Gasteiger partial charge in [0.25, 0.3) is 5.91 Å². The molecule has 0 unspecified atom stereocenters. The normalized spacial score (nSPS) is 10.1. The second-order valence-corrected chi connectivity index (χ2v) is 4.64. The van der Waals surface area contributed by atoms with Crippen LogP contribution in [-0.4, -0.2) is 30.0 Å². The summed E-state index contributed by atoms with van der Waals surface area (Å²) < 4.78 is 18.2. The number of hydrogen-bond donors (Lipinski definition) is 1. The van der Waals surface area contributed by atoms with Gasteiger partial charge in [-0.25, -0.2) is 9.18 Å². The van der Waals surface area contributed by atoms with Gasteiger partial charge in [0.15, 0.2) is 0 Å². The topological polar surface area (TPSA) is 68.3 Å². The number of amides is 1. The summed E-state index contributed by atoms with van der Waals surface area (Å²) in [6, 6.07) is 7.14. The third kappa shape index (κ3) is 4.37. The fraction of sp³-hybridized carbons (Fsp3) is 0.188. The average molecular weight is 302 g/mol. The summed E-state index contributed by atoms with van der Waals surface area (Å²) in [5.41, 5.74) is 1.26. The van der Waals surface area contributed by atoms with E-state index in [4.69, 9.17) is 4.74 Å². The van der Waals surface area contributed by atoms with Crippen LogP contribution in [0.15, 0.2) is 42.7 Å². The van der Waals surface area contributed by atoms with Crippen molar-refractivity contribution in [2.24, 2.45) is 0 Å². The van der Waals surface area contributed by atoms with Crippen LogP contribution in [0.25, 0.3) is 0 Å². The molecule has 0 saturated heterocycles. The predicted octanol–water partition coefficient (Wildman–Crippen LogP) is 2.12. The molecule has 0 saturated carbocycles. The van der Waals surface area contributed by atoms with Crippen molar-refractivity contribution in [1.82, 2.24) is 10.3 Å². The highest BCUT2D eigenvalue weighted by Gasteiger charge is 2.10. The summed E-state index contributed by atoms with van der Waals surface area (Å²) in [5, 5.41) is 2.61. The van der Waals surface area contributed by atoms with Crippen LogP contribution in [-0.2, 0) is 4.74 Å². The van der Waals surface area contributed by atoms with Crippen molar-refractivity contribution in [3.8, 4) is 0 Å². The number of aromatic nitrogens is 1. The molecule has 2 aromatic rings. The Morgan fingerprint density at radius 2 is 1.91 bits per heavy atom. The van der Waals surface area contributed by atoms with Crippen molar-refractivity contribution in [1.29, 1.82) is 0 Å². The number of nitrogens with zero attached hydrogens (tertiary/aromatic N) is 1. The Morgan fingerprint density at radius 1 is 1.18 bits per heavy atom. The lowest BCUT2D eigenvalue weighted by Crippen LogP contribution is -2.28. The van der Waals surface area contributed by atoms with Gasteiger partial charge in [0.2, 0.25) is 0 Å². The lowest BCUT2D eigenvalue weighted by molar-refractivity contribution is 0.0502. The number of hydrogen-bond acceptors (Lipinski definition) is 4. The summed E-state index contributed by atoms with van der Waals surface area (Å²) in [5.74, 6) is -1.39. The Kier molecular flexibility index (Phi) is 5.19. The molecule has 22 heavy (non-hydrogen) atoms. The zero-order chi connectivity index (χ0) is 15.9. The number of nitrogens with one attached hydrogen (secondary N) is 1. The zero-order valence-electron chi connectivity index (χ0n) is 12.0. The molecule has 0 fully saturated rings. The third-order valence-corrected chi connectivity index (χ3v) is 2.84. The molecule has 0 aliphatic carbocycles. The number of carbonyl (C=O) groups excluding carboxylic acids is 2. The zero-order valence-corrected chi connectivity index (χ0v) is 12.0. The van der Waals surface area contributed by atoms with Gasteiger partial charge in [0.05, 0.1) is 12.1 Å². The lowest BCUT2D eigenvalue weighted by Gasteiger charge is -2.07. The third-order valence-electron chi connectivity index (χ3n) is 2.84. The quantitative estimate of drug-likeness (QED) is 0.678. The second-order valence-electron chi connectivity index (χ2n) is 4.64. The Bertz CT molecular complexity index is 654. The maximum Gasteiger partial charge on any atom is 0.338 e. The molecule has 0 spiro atoms. The van der Waals surface area contributed by atoms with Crippen LogP contribution in [0.4, 0.5) is 4.39 Å². The van der Waals surface area contributed by atoms with E-state index >= 15 is 0 Å². The van der Waals surface area contributed by atoms with E-state index in [0.717, 1.165) is 6.07 Å². The minimum Gasteiger partial charge on any atom is -0.460 e. The van der Waals surface area contributed by atoms with E-state index in [9.17, 15) is 14.0 Å². The number of pyridine rings is 1. The summed E-state index contributed by atoms with van der Waals surface area (Å²) >= 11 is 0. The van der Waals surface area contributed by atoms with Crippen LogP contribution in [0.3, 0.4) is 0 Å². The highest BCUT2D eigenvalue weighted by molar-refractivity contribution is 5.94. The van der Waals surface area contributed by atoms with Crippen molar-refractivity contribution < 1.29 is 18.7 Å². The van der Waals surface area contributed by atoms with Gasteiger partial charge >= 0.3 is 5.97 Å². The Morgan fingerprint density at radius 3 is 2.59 bits per heavy atom. The molecule has 1 aromatic heterocycles. The van der Waals surface area contributed by atoms with Gasteiger partial charge in [0, 0.05) is 18.0 Å². The summed E-state index contributed by atoms with van der Waals surface area (Å²) in [6.07, 6.45) is 3.03. The molecule has 0 radical (unpaired) electrons. The first-order valence-corrected chi connectivity index (χ1v) is 6.69. The van der Waals surface area contributed by atoms with E-state index in [1.54, 1.807) is 25.1 Å². The van der Waals surface area contributed by atoms with Gasteiger partial charge in [-0.05, 0) is 42.8 Å². The molecular formula is C16H15FN2O3. The van der Waals surface area contributed by atoms with Gasteiger partial charge in [0.1, 0.15) is 12.4 Å². The molecule has 1 aromatic carbocycles. The molecule has 6 heteroatoms. The van der Waals surface area contributed by atoms with Gasteiger partial charge in [-0.15, -0.1) is 0 Å². The first kappa shape index (κ1) is 15.6. The van der Waals surface area contributed by atoms with Crippen molar-refractivity contribution >= 4 is 11.9 Å². The number of carbonyl (C=O) groups is 2. The first-order chi connectivity index (χ1) is 10.6. The smallest absolute Gasteiger partial charge is 0.338 e. The van der Waals surface area contributed by atoms with E-state index in [1.165, 1.54) is 18.5 Å². The molecule has 0 aliphatic heterocycles. The highest BCUT2D eigenvalue weighted by atomic mass is 19.1. The molecule has 0 aliphatic rings. The van der Waals surface area contributed by atoms with E-state index in [0.29, 0.717) is 11.1 Å². The number of benzene rings is 1. The van der Waals surface area contributed by atoms with Crippen molar-refractivity contribution in [2.45, 2.75) is 6.92 Å². The van der Waals surface area contributed by atoms with Crippen LogP contribution in [0.1, 0.15) is 26.3 Å². The number of halogens is 1. The molecule has 1 heterocycles. The molecule has 114 valence electrons. The molecule has 1 amide bonds. The van der Waals surface area contributed by atoms with Gasteiger partial charge < -0.3 is 10.1 Å². The number of esters is 1. The summed E-state index contributed by atoms with van der Waals surface area (Å²) in [6.45, 7) is 1.86. The fourth-order valence-electron chi connectivity index (χ4n) is 1.85. The average Bonchev–Trinajstić information content (AvgIpc) is 2.51. The van der Waals surface area contributed by atoms with Gasteiger partial charge in [-0.2, -0.15) is 0 Å². The van der Waals surface area contributed by atoms with Gasteiger partial charge in [-0.3, -0.25) is 9.78 Å². The molecule has 0 bridgehead atoms. The molecular weight excluding hydrogens is 287 g/mol. The van der Waals surface area contributed by atoms with Gasteiger partial charge in [-0.1, -0.05) is 0 Å². The molecule has 1 N–H and O–H groups in total. The van der Waals surface area contributed by atoms with Crippen LogP contribution in [0.2, 0.25) is 0 Å². The van der Waals surface area contributed by atoms with Crippen LogP contribution >= 0.6 is 0 Å². The monoisotopic (exact) mass is 302 g/mol. The largest absolute Gasteiger partial charge is 0.460 e. The van der Waals surface area contributed by atoms with E-state index in [-0.39, 0.29) is 24.6 Å². The SMILES string of the molecule is Cc1cc(F)cc(C(=O)OCCNC(=O)c2ccncc2)c1. The molecule has 0 atom stereocenters. The minimum absolute atomic E-state index is 0.00518. The number of aryl methyl sites for hydroxylation is 1. The van der Waals surface area contributed by atoms with E-state index in [1.807, 2.05) is 0 Å². The standard InChI is InChI=1S/C16H15FN2O3/c1-11-8-13(10-14(17)9-11)16(21)22-7-6-19-15(20)12-2-4-18-5-3-12/h2-5,8-10H,6-7H2,1H3,(H,19,20). The molecule has 2 rings (SSSR count). The predicted molar refractivity (Wildman–Crippen MR) is 78.0 cm³/mol. The first-order valence-electron chi connectivity index (χ1n) is 6.69. The second kappa shape index (κ2) is 7.31. The van der Waals surface area contributed by atoms with Crippen molar-refractivity contribution in [3.05, 3.63) is 65.2 Å². The Balaban J connectivity index is 1.79. The van der Waals surface area contributed by atoms with E-state index in [2.05, 4.69) is 10.3 Å². The van der Waals surface area contributed by atoms with Crippen LogP contribution in [0.5, 0.6) is 0 Å². The number of rotatable bonds is 5. The van der Waals surface area contributed by atoms with Crippen LogP contribution < -0.4 is 5.32 Å². The maximum atomic E-state index is 13.2. The minimum atomic E-state index is -0.624. The number of ether oxygens (including phenoxy) is 1. The van der Waals surface area contributed by atoms with Crippen molar-refractivity contribution in [3.63, 3.8) is 0 Å².